The van der Waals surface area contributed by atoms with Gasteiger partial charge in [0.25, 0.3) is 0 Å². The standard InChI is InChI=1S/C10H13Br2NO4S2/c1-5(2)3-6(10(14)15)13-19(16,17)7-4-8(11)18-9(7)12/h4-6,13H,3H2,1-2H3,(H,14,15)/t6-/m0/s1. The number of carbonyl (C=O) groups is 1. The number of sulfonamides is 1. The van der Waals surface area contributed by atoms with Gasteiger partial charge in [0.2, 0.25) is 10.0 Å². The number of halogens is 2. The van der Waals surface area contributed by atoms with Gasteiger partial charge in [-0.3, -0.25) is 4.79 Å². The molecule has 0 spiro atoms. The minimum atomic E-state index is -3.86. The average Bonchev–Trinajstić information content (AvgIpc) is 2.56. The van der Waals surface area contributed by atoms with Crippen molar-refractivity contribution in [1.29, 1.82) is 0 Å². The van der Waals surface area contributed by atoms with E-state index in [4.69, 9.17) is 5.11 Å². The normalized spacial score (nSPS) is 13.7. The van der Waals surface area contributed by atoms with Crippen molar-refractivity contribution in [3.63, 3.8) is 0 Å². The number of hydrogen-bond acceptors (Lipinski definition) is 4. The van der Waals surface area contributed by atoms with E-state index >= 15 is 0 Å². The lowest BCUT2D eigenvalue weighted by Crippen LogP contribution is -2.41. The van der Waals surface area contributed by atoms with Crippen LogP contribution >= 0.6 is 43.2 Å². The molecule has 1 atom stereocenters. The first-order valence-electron chi connectivity index (χ1n) is 5.33. The number of hydrogen-bond donors (Lipinski definition) is 2. The third-order valence-electron chi connectivity index (χ3n) is 2.22. The number of aliphatic carboxylic acids is 1. The largest absolute Gasteiger partial charge is 0.480 e. The summed E-state index contributed by atoms with van der Waals surface area (Å²) in [6.45, 7) is 3.67. The van der Waals surface area contributed by atoms with E-state index in [9.17, 15) is 13.2 Å². The molecule has 0 bridgehead atoms. The van der Waals surface area contributed by atoms with Crippen LogP contribution < -0.4 is 4.72 Å². The highest BCUT2D eigenvalue weighted by molar-refractivity contribution is 9.12. The molecule has 0 aliphatic carbocycles. The van der Waals surface area contributed by atoms with Crippen molar-refractivity contribution in [2.45, 2.75) is 31.2 Å². The monoisotopic (exact) mass is 433 g/mol. The fraction of sp³-hybridized carbons (Fsp3) is 0.500. The second-order valence-corrected chi connectivity index (χ2v) is 9.76. The van der Waals surface area contributed by atoms with Crippen LogP contribution in [0.4, 0.5) is 0 Å². The summed E-state index contributed by atoms with van der Waals surface area (Å²) < 4.78 is 27.6. The van der Waals surface area contributed by atoms with Crippen LogP contribution in [0.25, 0.3) is 0 Å². The maximum atomic E-state index is 12.1. The SMILES string of the molecule is CC(C)C[C@H](NS(=O)(=O)c1cc(Br)sc1Br)C(=O)O. The van der Waals surface area contributed by atoms with Gasteiger partial charge in [-0.25, -0.2) is 8.42 Å². The molecular weight excluding hydrogens is 422 g/mol. The van der Waals surface area contributed by atoms with Crippen molar-refractivity contribution in [2.75, 3.05) is 0 Å². The van der Waals surface area contributed by atoms with Crippen molar-refractivity contribution in [2.24, 2.45) is 5.92 Å². The number of rotatable bonds is 6. The summed E-state index contributed by atoms with van der Waals surface area (Å²) >= 11 is 7.56. The first-order valence-corrected chi connectivity index (χ1v) is 9.22. The lowest BCUT2D eigenvalue weighted by Gasteiger charge is -2.16. The van der Waals surface area contributed by atoms with Gasteiger partial charge in [0.15, 0.2) is 0 Å². The molecule has 0 aliphatic rings. The quantitative estimate of drug-likeness (QED) is 0.720. The zero-order valence-corrected chi connectivity index (χ0v) is 15.0. The molecule has 0 aliphatic heterocycles. The second-order valence-electron chi connectivity index (χ2n) is 4.33. The molecule has 2 N–H and O–H groups in total. The van der Waals surface area contributed by atoms with E-state index in [-0.39, 0.29) is 17.2 Å². The van der Waals surface area contributed by atoms with Gasteiger partial charge < -0.3 is 5.11 Å². The topological polar surface area (TPSA) is 83.5 Å². The summed E-state index contributed by atoms with van der Waals surface area (Å²) in [6, 6.07) is 0.307. The Morgan fingerprint density at radius 2 is 2.05 bits per heavy atom. The highest BCUT2D eigenvalue weighted by Crippen LogP contribution is 2.34. The highest BCUT2D eigenvalue weighted by atomic mass is 79.9. The fourth-order valence-electron chi connectivity index (χ4n) is 1.43. The van der Waals surface area contributed by atoms with Crippen LogP contribution in [0.1, 0.15) is 20.3 Å². The minimum absolute atomic E-state index is 0.0411. The van der Waals surface area contributed by atoms with Gasteiger partial charge in [0.1, 0.15) is 10.9 Å². The minimum Gasteiger partial charge on any atom is -0.480 e. The Balaban J connectivity index is 3.01. The van der Waals surface area contributed by atoms with Crippen LogP contribution in [0.2, 0.25) is 0 Å². The molecule has 0 fully saturated rings. The van der Waals surface area contributed by atoms with Crippen LogP contribution in [-0.4, -0.2) is 25.5 Å². The molecule has 19 heavy (non-hydrogen) atoms. The van der Waals surface area contributed by atoms with Crippen molar-refractivity contribution < 1.29 is 18.3 Å². The smallest absolute Gasteiger partial charge is 0.321 e. The Hall–Kier alpha value is 0.0400. The van der Waals surface area contributed by atoms with Gasteiger partial charge in [-0.05, 0) is 50.3 Å². The van der Waals surface area contributed by atoms with Gasteiger partial charge in [0.05, 0.1) is 7.57 Å². The van der Waals surface area contributed by atoms with E-state index in [2.05, 4.69) is 36.6 Å². The Kier molecular flexibility index (Phi) is 5.99. The summed E-state index contributed by atoms with van der Waals surface area (Å²) in [4.78, 5) is 11.1. The Labute approximate surface area is 132 Å². The van der Waals surface area contributed by atoms with Crippen LogP contribution in [0.3, 0.4) is 0 Å². The summed E-state index contributed by atoms with van der Waals surface area (Å²) in [5, 5.41) is 9.06. The van der Waals surface area contributed by atoms with Crippen molar-refractivity contribution in [3.8, 4) is 0 Å². The predicted molar refractivity (Wildman–Crippen MR) is 80.9 cm³/mol. The molecule has 108 valence electrons. The first kappa shape index (κ1) is 17.1. The van der Waals surface area contributed by atoms with Crippen LogP contribution in [0.15, 0.2) is 18.5 Å². The number of nitrogens with one attached hydrogen (secondary N) is 1. The molecule has 0 aromatic carbocycles. The molecule has 0 unspecified atom stereocenters. The first-order chi connectivity index (χ1) is 8.63. The zero-order chi connectivity index (χ0) is 14.8. The maximum Gasteiger partial charge on any atom is 0.321 e. The number of thiophene rings is 1. The van der Waals surface area contributed by atoms with Crippen molar-refractivity contribution in [3.05, 3.63) is 13.6 Å². The lowest BCUT2D eigenvalue weighted by atomic mass is 10.1. The van der Waals surface area contributed by atoms with Crippen LogP contribution in [-0.2, 0) is 14.8 Å². The summed E-state index contributed by atoms with van der Waals surface area (Å²) in [5.41, 5.74) is 0. The molecule has 9 heteroatoms. The molecular formula is C10H13Br2NO4S2. The zero-order valence-electron chi connectivity index (χ0n) is 10.2. The Morgan fingerprint density at radius 1 is 1.47 bits per heavy atom. The molecule has 0 radical (unpaired) electrons. The molecule has 1 aromatic heterocycles. The van der Waals surface area contributed by atoms with E-state index in [1.807, 2.05) is 13.8 Å². The third-order valence-corrected chi connectivity index (χ3v) is 6.44. The van der Waals surface area contributed by atoms with E-state index < -0.39 is 22.0 Å². The lowest BCUT2D eigenvalue weighted by molar-refractivity contribution is -0.139. The summed E-state index contributed by atoms with van der Waals surface area (Å²) in [7, 11) is -3.86. The summed E-state index contributed by atoms with van der Waals surface area (Å²) in [5.74, 6) is -1.11. The Bertz CT molecular complexity index is 568. The Morgan fingerprint density at radius 3 is 2.42 bits per heavy atom. The van der Waals surface area contributed by atoms with Gasteiger partial charge in [-0.1, -0.05) is 13.8 Å². The highest BCUT2D eigenvalue weighted by Gasteiger charge is 2.28. The van der Waals surface area contributed by atoms with Gasteiger partial charge in [-0.15, -0.1) is 11.3 Å². The van der Waals surface area contributed by atoms with Crippen molar-refractivity contribution >= 4 is 59.2 Å². The van der Waals surface area contributed by atoms with E-state index in [0.29, 0.717) is 7.57 Å². The number of carboxylic acid groups (broad SMARTS) is 1. The summed E-state index contributed by atoms with van der Waals surface area (Å²) in [6.07, 6.45) is 0.234. The third kappa shape index (κ3) is 4.82. The molecule has 0 saturated carbocycles. The van der Waals surface area contributed by atoms with Gasteiger partial charge in [0, 0.05) is 0 Å². The van der Waals surface area contributed by atoms with Gasteiger partial charge in [-0.2, -0.15) is 4.72 Å². The predicted octanol–water partition coefficient (Wildman–Crippen LogP) is 3.05. The second kappa shape index (κ2) is 6.66. The molecule has 1 aromatic rings. The van der Waals surface area contributed by atoms with Crippen molar-refractivity contribution in [1.82, 2.24) is 4.72 Å². The number of carboxylic acids is 1. The van der Waals surface area contributed by atoms with Gasteiger partial charge >= 0.3 is 5.97 Å². The molecule has 5 nitrogen and oxygen atoms in total. The molecule has 0 saturated heterocycles. The molecule has 1 rings (SSSR count). The van der Waals surface area contributed by atoms with E-state index in [1.54, 1.807) is 0 Å². The average molecular weight is 435 g/mol. The molecule has 1 heterocycles. The van der Waals surface area contributed by atoms with E-state index in [0.717, 1.165) is 0 Å². The fourth-order valence-corrected chi connectivity index (χ4v) is 6.44. The maximum absolute atomic E-state index is 12.1. The van der Waals surface area contributed by atoms with Crippen LogP contribution in [0, 0.1) is 5.92 Å². The van der Waals surface area contributed by atoms with E-state index in [1.165, 1.54) is 17.4 Å². The molecule has 0 amide bonds. The van der Waals surface area contributed by atoms with Crippen LogP contribution in [0.5, 0.6) is 0 Å².